The Morgan fingerprint density at radius 3 is 2.22 bits per heavy atom. The van der Waals surface area contributed by atoms with E-state index in [1.165, 1.54) is 64.7 Å². The Bertz CT molecular complexity index is 1370. The zero-order valence-corrected chi connectivity index (χ0v) is 19.9. The normalized spacial score (nSPS) is 11.1. The number of carbonyl (C=O) groups is 2. The number of nitro groups is 1. The molecule has 0 saturated heterocycles. The van der Waals surface area contributed by atoms with Crippen molar-refractivity contribution in [1.82, 2.24) is 15.2 Å². The topological polar surface area (TPSA) is 167 Å². The van der Waals surface area contributed by atoms with E-state index in [1.54, 1.807) is 6.07 Å². The Morgan fingerprint density at radius 1 is 1.08 bits per heavy atom. The van der Waals surface area contributed by atoms with Gasteiger partial charge >= 0.3 is 5.97 Å². The number of non-ortho nitro benzene ring substituents is 1. The first-order chi connectivity index (χ1) is 17.2. The van der Waals surface area contributed by atoms with Gasteiger partial charge in [-0.2, -0.15) is 5.10 Å². The number of H-pyrrole nitrogens is 1. The summed E-state index contributed by atoms with van der Waals surface area (Å²) >= 11 is 0. The minimum atomic E-state index is -0.617. The lowest BCUT2D eigenvalue weighted by atomic mass is 10.1. The smallest absolute Gasteiger partial charge is 0.311 e. The number of nitrogens with one attached hydrogen (secondary N) is 2. The van der Waals surface area contributed by atoms with E-state index in [2.05, 4.69) is 15.6 Å². The number of esters is 1. The van der Waals surface area contributed by atoms with E-state index < -0.39 is 22.4 Å². The predicted octanol–water partition coefficient (Wildman–Crippen LogP) is 1.96. The fourth-order valence-corrected chi connectivity index (χ4v) is 3.30. The number of nitro benzene ring substituents is 1. The van der Waals surface area contributed by atoms with Gasteiger partial charge in [-0.05, 0) is 31.2 Å². The molecule has 0 radical (unpaired) electrons. The Hall–Kier alpha value is -4.94. The van der Waals surface area contributed by atoms with Crippen LogP contribution in [0.4, 0.5) is 5.69 Å². The summed E-state index contributed by atoms with van der Waals surface area (Å²) in [5, 5.41) is 17.8. The number of hydrogen-bond donors (Lipinski definition) is 2. The van der Waals surface area contributed by atoms with Crippen LogP contribution in [0.5, 0.6) is 11.5 Å². The van der Waals surface area contributed by atoms with Gasteiger partial charge in [0.25, 0.3) is 17.2 Å². The average Bonchev–Trinajstić information content (AvgIpc) is 3.21. The zero-order chi connectivity index (χ0) is 26.4. The molecule has 0 spiro atoms. The first-order valence-electron chi connectivity index (χ1n) is 10.4. The minimum Gasteiger partial charge on any atom is -0.497 e. The van der Waals surface area contributed by atoms with E-state index in [4.69, 9.17) is 14.2 Å². The van der Waals surface area contributed by atoms with Crippen molar-refractivity contribution in [3.8, 4) is 17.2 Å². The minimum absolute atomic E-state index is 0.0299. The van der Waals surface area contributed by atoms with E-state index in [9.17, 15) is 24.5 Å². The van der Waals surface area contributed by atoms with Crippen molar-refractivity contribution in [1.29, 1.82) is 0 Å². The van der Waals surface area contributed by atoms with E-state index >= 15 is 0 Å². The number of methoxy groups -OCH3 is 3. The Morgan fingerprint density at radius 2 is 1.69 bits per heavy atom. The summed E-state index contributed by atoms with van der Waals surface area (Å²) < 4.78 is 16.1. The molecule has 0 aliphatic rings. The van der Waals surface area contributed by atoms with Gasteiger partial charge in [-0.25, -0.2) is 10.1 Å². The highest BCUT2D eigenvalue weighted by atomic mass is 16.6. The monoisotopic (exact) mass is 497 g/mol. The second kappa shape index (κ2) is 11.0. The van der Waals surface area contributed by atoms with Gasteiger partial charge in [0.2, 0.25) is 0 Å². The van der Waals surface area contributed by atoms with Crippen LogP contribution in [0.2, 0.25) is 0 Å². The van der Waals surface area contributed by atoms with Crippen LogP contribution in [0.15, 0.2) is 52.4 Å². The Labute approximate surface area is 204 Å². The molecule has 1 amide bonds. The zero-order valence-electron chi connectivity index (χ0n) is 19.9. The lowest BCUT2D eigenvalue weighted by Gasteiger charge is -2.08. The first kappa shape index (κ1) is 25.7. The van der Waals surface area contributed by atoms with Crippen LogP contribution in [0.25, 0.3) is 5.69 Å². The number of carbonyl (C=O) groups excluding carboxylic acids is 2. The third-order valence-electron chi connectivity index (χ3n) is 5.13. The second-order valence-electron chi connectivity index (χ2n) is 7.37. The second-order valence-corrected chi connectivity index (χ2v) is 7.37. The van der Waals surface area contributed by atoms with Gasteiger partial charge in [-0.3, -0.25) is 29.6 Å². The van der Waals surface area contributed by atoms with E-state index in [0.717, 1.165) is 4.68 Å². The van der Waals surface area contributed by atoms with Gasteiger partial charge < -0.3 is 14.2 Å². The molecule has 188 valence electrons. The molecule has 0 bridgehead atoms. The van der Waals surface area contributed by atoms with E-state index in [0.29, 0.717) is 17.2 Å². The lowest BCUT2D eigenvalue weighted by Crippen LogP contribution is -2.24. The molecule has 2 aromatic carbocycles. The highest BCUT2D eigenvalue weighted by Crippen LogP contribution is 2.22. The molecule has 2 N–H and O–H groups in total. The number of aromatic amines is 1. The number of hydrogen-bond acceptors (Lipinski definition) is 9. The molecule has 1 aromatic heterocycles. The maximum Gasteiger partial charge on any atom is 0.311 e. The van der Waals surface area contributed by atoms with E-state index in [-0.39, 0.29) is 34.6 Å². The Kier molecular flexibility index (Phi) is 7.84. The molecule has 3 rings (SSSR count). The van der Waals surface area contributed by atoms with Crippen molar-refractivity contribution >= 4 is 23.3 Å². The predicted molar refractivity (Wildman–Crippen MR) is 128 cm³/mol. The van der Waals surface area contributed by atoms with Gasteiger partial charge in [-0.15, -0.1) is 0 Å². The van der Waals surface area contributed by atoms with Crippen molar-refractivity contribution in [2.75, 3.05) is 21.3 Å². The molecule has 1 heterocycles. The molecule has 0 unspecified atom stereocenters. The largest absolute Gasteiger partial charge is 0.497 e. The number of hydrazone groups is 1. The van der Waals surface area contributed by atoms with Crippen LogP contribution in [-0.4, -0.2) is 53.6 Å². The molecule has 36 heavy (non-hydrogen) atoms. The van der Waals surface area contributed by atoms with Crippen LogP contribution in [0.1, 0.15) is 28.5 Å². The van der Waals surface area contributed by atoms with Gasteiger partial charge in [-0.1, -0.05) is 0 Å². The molecule has 0 aliphatic heterocycles. The summed E-state index contributed by atoms with van der Waals surface area (Å²) in [6.07, 6.45) is -0.283. The highest BCUT2D eigenvalue weighted by Gasteiger charge is 2.21. The number of aromatic nitrogens is 2. The van der Waals surface area contributed by atoms with Crippen LogP contribution in [-0.2, 0) is 16.0 Å². The Balaban J connectivity index is 1.98. The molecule has 0 fully saturated rings. The van der Waals surface area contributed by atoms with Gasteiger partial charge in [0.15, 0.2) is 0 Å². The SMILES string of the molecule is COC(=O)Cc1[nH]n(-c2ccc([N+](=O)[O-])cc2)c(=O)c1/C(C)=N/NC(=O)c1cc(OC)cc(OC)c1. The van der Waals surface area contributed by atoms with Crippen molar-refractivity contribution in [3.05, 3.63) is 79.8 Å². The summed E-state index contributed by atoms with van der Waals surface area (Å²) in [5.74, 6) is -0.407. The molecular weight excluding hydrogens is 474 g/mol. The number of amides is 1. The lowest BCUT2D eigenvalue weighted by molar-refractivity contribution is -0.384. The number of rotatable bonds is 9. The van der Waals surface area contributed by atoms with Crippen LogP contribution in [0.3, 0.4) is 0 Å². The third-order valence-corrected chi connectivity index (χ3v) is 5.13. The average molecular weight is 497 g/mol. The maximum atomic E-state index is 13.2. The molecule has 0 aliphatic carbocycles. The molecule has 13 heteroatoms. The summed E-state index contributed by atoms with van der Waals surface area (Å²) in [5.41, 5.74) is 2.47. The van der Waals surface area contributed by atoms with Crippen molar-refractivity contribution in [2.45, 2.75) is 13.3 Å². The summed E-state index contributed by atoms with van der Waals surface area (Å²) in [4.78, 5) is 48.2. The molecule has 13 nitrogen and oxygen atoms in total. The van der Waals surface area contributed by atoms with Gasteiger partial charge in [0.05, 0.1) is 55.3 Å². The first-order valence-corrected chi connectivity index (χ1v) is 10.4. The van der Waals surface area contributed by atoms with Gasteiger partial charge in [0, 0.05) is 23.8 Å². The summed E-state index contributed by atoms with van der Waals surface area (Å²) in [7, 11) is 4.10. The third kappa shape index (κ3) is 5.58. The van der Waals surface area contributed by atoms with Crippen LogP contribution < -0.4 is 20.5 Å². The van der Waals surface area contributed by atoms with E-state index in [1.807, 2.05) is 0 Å². The molecule has 0 atom stereocenters. The molecule has 3 aromatic rings. The summed E-state index contributed by atoms with van der Waals surface area (Å²) in [6.45, 7) is 1.48. The standard InChI is InChI=1S/C23H23N5O8/c1-13(24-25-22(30)14-9-17(34-2)11-18(10-14)35-3)21-19(12-20(29)36-4)26-27(23(21)31)15-5-7-16(8-6-15)28(32)33/h5-11,26H,12H2,1-4H3,(H,25,30)/b24-13+. The van der Waals surface area contributed by atoms with Gasteiger partial charge in [0.1, 0.15) is 11.5 Å². The van der Waals surface area contributed by atoms with Crippen LogP contribution in [0, 0.1) is 10.1 Å². The molecular formula is C23H23N5O8. The number of nitrogens with zero attached hydrogens (tertiary/aromatic N) is 3. The number of benzene rings is 2. The highest BCUT2D eigenvalue weighted by molar-refractivity contribution is 6.02. The quantitative estimate of drug-likeness (QED) is 0.196. The van der Waals surface area contributed by atoms with Crippen LogP contribution >= 0.6 is 0 Å². The van der Waals surface area contributed by atoms with Crippen molar-refractivity contribution in [2.24, 2.45) is 5.10 Å². The number of ether oxygens (including phenoxy) is 3. The fraction of sp³-hybridized carbons (Fsp3) is 0.217. The maximum absolute atomic E-state index is 13.2. The van der Waals surface area contributed by atoms with Crippen molar-refractivity contribution < 1.29 is 28.7 Å². The fourth-order valence-electron chi connectivity index (χ4n) is 3.30. The van der Waals surface area contributed by atoms with Crippen molar-refractivity contribution in [3.63, 3.8) is 0 Å². The summed E-state index contributed by atoms with van der Waals surface area (Å²) in [6, 6.07) is 9.83. The molecule has 0 saturated carbocycles.